The first kappa shape index (κ1) is 16.4. The molecule has 3 aromatic carbocycles. The number of nitriles is 2. The molecular formula is C20H12ClN3O. The standard InChI is InChI=1S/C20H12ClN3O/c21-19-10-17(24-13-14(11-22)12-23)6-8-20(19)25-18-7-5-15-3-1-2-4-16(15)9-18/h1-10,13,24H. The number of hydrogen-bond donors (Lipinski definition) is 1. The van der Waals surface area contributed by atoms with Gasteiger partial charge in [-0.25, -0.2) is 0 Å². The molecule has 3 rings (SSSR count). The van der Waals surface area contributed by atoms with Crippen LogP contribution >= 0.6 is 11.6 Å². The average molecular weight is 346 g/mol. The number of hydrogen-bond acceptors (Lipinski definition) is 4. The Morgan fingerprint density at radius 2 is 1.72 bits per heavy atom. The molecule has 0 bridgehead atoms. The van der Waals surface area contributed by atoms with Crippen molar-refractivity contribution in [1.29, 1.82) is 10.5 Å². The summed E-state index contributed by atoms with van der Waals surface area (Å²) < 4.78 is 5.86. The highest BCUT2D eigenvalue weighted by Gasteiger charge is 2.05. The molecular weight excluding hydrogens is 334 g/mol. The van der Waals surface area contributed by atoms with Gasteiger partial charge >= 0.3 is 0 Å². The highest BCUT2D eigenvalue weighted by Crippen LogP contribution is 2.33. The largest absolute Gasteiger partial charge is 0.456 e. The summed E-state index contributed by atoms with van der Waals surface area (Å²) in [5.41, 5.74) is 0.631. The van der Waals surface area contributed by atoms with E-state index in [9.17, 15) is 0 Å². The topological polar surface area (TPSA) is 68.8 Å². The fraction of sp³-hybridized carbons (Fsp3) is 0. The monoisotopic (exact) mass is 345 g/mol. The number of allylic oxidation sites excluding steroid dienone is 1. The van der Waals surface area contributed by atoms with Crippen molar-refractivity contribution in [2.75, 3.05) is 5.32 Å². The molecule has 1 N–H and O–H groups in total. The van der Waals surface area contributed by atoms with Gasteiger partial charge in [0.2, 0.25) is 0 Å². The molecule has 0 fully saturated rings. The highest BCUT2D eigenvalue weighted by atomic mass is 35.5. The average Bonchev–Trinajstić information content (AvgIpc) is 2.64. The van der Waals surface area contributed by atoms with E-state index in [0.29, 0.717) is 22.2 Å². The van der Waals surface area contributed by atoms with Crippen LogP contribution in [0.3, 0.4) is 0 Å². The minimum absolute atomic E-state index is 0.0207. The van der Waals surface area contributed by atoms with Gasteiger partial charge in [0.05, 0.1) is 5.02 Å². The van der Waals surface area contributed by atoms with Crippen molar-refractivity contribution in [2.45, 2.75) is 0 Å². The Morgan fingerprint density at radius 1 is 0.960 bits per heavy atom. The van der Waals surface area contributed by atoms with Crippen molar-refractivity contribution in [3.8, 4) is 23.6 Å². The van der Waals surface area contributed by atoms with Crippen LogP contribution in [0.25, 0.3) is 10.8 Å². The van der Waals surface area contributed by atoms with Gasteiger partial charge in [-0.2, -0.15) is 10.5 Å². The second-order valence-corrected chi connectivity index (χ2v) is 5.59. The maximum Gasteiger partial charge on any atom is 0.146 e. The van der Waals surface area contributed by atoms with Gasteiger partial charge < -0.3 is 10.1 Å². The number of rotatable bonds is 4. The molecule has 0 saturated carbocycles. The van der Waals surface area contributed by atoms with Crippen LogP contribution < -0.4 is 10.1 Å². The zero-order chi connectivity index (χ0) is 17.6. The van der Waals surface area contributed by atoms with Crippen LogP contribution in [0, 0.1) is 22.7 Å². The Labute approximate surface area is 150 Å². The smallest absolute Gasteiger partial charge is 0.146 e. The lowest BCUT2D eigenvalue weighted by Crippen LogP contribution is -1.91. The van der Waals surface area contributed by atoms with Crippen molar-refractivity contribution in [2.24, 2.45) is 0 Å². The van der Waals surface area contributed by atoms with Crippen molar-refractivity contribution in [1.82, 2.24) is 0 Å². The van der Waals surface area contributed by atoms with Crippen LogP contribution in [-0.4, -0.2) is 0 Å². The predicted octanol–water partition coefficient (Wildman–Crippen LogP) is 5.63. The number of nitrogens with zero attached hydrogens (tertiary/aromatic N) is 2. The summed E-state index contributed by atoms with van der Waals surface area (Å²) in [6.07, 6.45) is 1.33. The lowest BCUT2D eigenvalue weighted by molar-refractivity contribution is 0.484. The van der Waals surface area contributed by atoms with E-state index in [1.54, 1.807) is 30.3 Å². The molecule has 0 radical (unpaired) electrons. The van der Waals surface area contributed by atoms with Gasteiger partial charge in [0.1, 0.15) is 29.2 Å². The molecule has 0 saturated heterocycles. The number of fused-ring (bicyclic) bond motifs is 1. The van der Waals surface area contributed by atoms with Gasteiger partial charge in [-0.15, -0.1) is 0 Å². The lowest BCUT2D eigenvalue weighted by atomic mass is 10.1. The first-order valence-corrected chi connectivity index (χ1v) is 7.80. The fourth-order valence-corrected chi connectivity index (χ4v) is 2.50. The maximum absolute atomic E-state index is 8.72. The highest BCUT2D eigenvalue weighted by molar-refractivity contribution is 6.32. The van der Waals surface area contributed by atoms with Crippen molar-refractivity contribution in [3.05, 3.63) is 77.5 Å². The Morgan fingerprint density at radius 3 is 2.44 bits per heavy atom. The summed E-state index contributed by atoms with van der Waals surface area (Å²) in [6.45, 7) is 0. The summed E-state index contributed by atoms with van der Waals surface area (Å²) in [4.78, 5) is 0. The number of halogens is 1. The summed E-state index contributed by atoms with van der Waals surface area (Å²) in [6, 6.07) is 22.6. The molecule has 0 spiro atoms. The van der Waals surface area contributed by atoms with E-state index in [1.807, 2.05) is 42.5 Å². The normalized spacial score (nSPS) is 9.72. The molecule has 0 unspecified atom stereocenters. The first-order chi connectivity index (χ1) is 12.2. The van der Waals surface area contributed by atoms with Crippen LogP contribution in [0.4, 0.5) is 5.69 Å². The van der Waals surface area contributed by atoms with E-state index in [2.05, 4.69) is 5.32 Å². The predicted molar refractivity (Wildman–Crippen MR) is 98.4 cm³/mol. The van der Waals surface area contributed by atoms with Crippen molar-refractivity contribution in [3.63, 3.8) is 0 Å². The number of anilines is 1. The zero-order valence-electron chi connectivity index (χ0n) is 13.0. The molecule has 0 atom stereocenters. The van der Waals surface area contributed by atoms with Crippen LogP contribution in [0.5, 0.6) is 11.5 Å². The van der Waals surface area contributed by atoms with Gasteiger partial charge in [-0.1, -0.05) is 41.9 Å². The van der Waals surface area contributed by atoms with Crippen LogP contribution in [-0.2, 0) is 0 Å². The second kappa shape index (κ2) is 7.40. The molecule has 4 nitrogen and oxygen atoms in total. The first-order valence-electron chi connectivity index (χ1n) is 7.43. The summed E-state index contributed by atoms with van der Waals surface area (Å²) in [5, 5.41) is 22.9. The van der Waals surface area contributed by atoms with Gasteiger partial charge in [-0.05, 0) is 41.1 Å². The molecule has 0 aliphatic carbocycles. The summed E-state index contributed by atoms with van der Waals surface area (Å²) in [5.74, 6) is 1.21. The summed E-state index contributed by atoms with van der Waals surface area (Å²) in [7, 11) is 0. The molecule has 0 aliphatic rings. The van der Waals surface area contributed by atoms with Gasteiger partial charge in [0.25, 0.3) is 0 Å². The molecule has 3 aromatic rings. The Hall–Kier alpha value is -3.47. The molecule has 0 aliphatic heterocycles. The quantitative estimate of drug-likeness (QED) is 0.622. The third-order valence-electron chi connectivity index (χ3n) is 3.50. The Balaban J connectivity index is 1.80. The van der Waals surface area contributed by atoms with E-state index in [4.69, 9.17) is 26.9 Å². The number of benzene rings is 3. The van der Waals surface area contributed by atoms with Crippen molar-refractivity contribution >= 4 is 28.1 Å². The third-order valence-corrected chi connectivity index (χ3v) is 3.80. The van der Waals surface area contributed by atoms with E-state index in [0.717, 1.165) is 10.8 Å². The van der Waals surface area contributed by atoms with Crippen LogP contribution in [0.1, 0.15) is 0 Å². The van der Waals surface area contributed by atoms with Crippen LogP contribution in [0.15, 0.2) is 72.4 Å². The molecule has 0 heterocycles. The van der Waals surface area contributed by atoms with E-state index < -0.39 is 0 Å². The minimum Gasteiger partial charge on any atom is -0.456 e. The molecule has 0 amide bonds. The van der Waals surface area contributed by atoms with Gasteiger partial charge in [0, 0.05) is 11.9 Å². The van der Waals surface area contributed by atoms with Crippen molar-refractivity contribution < 1.29 is 4.74 Å². The molecule has 25 heavy (non-hydrogen) atoms. The SMILES string of the molecule is N#CC(C#N)=CNc1ccc(Oc2ccc3ccccc3c2)c(Cl)c1. The maximum atomic E-state index is 8.72. The molecule has 0 aromatic heterocycles. The Kier molecular flexibility index (Phi) is 4.85. The lowest BCUT2D eigenvalue weighted by Gasteiger charge is -2.10. The van der Waals surface area contributed by atoms with Gasteiger partial charge in [-0.3, -0.25) is 0 Å². The zero-order valence-corrected chi connectivity index (χ0v) is 13.8. The third kappa shape index (κ3) is 3.90. The fourth-order valence-electron chi connectivity index (χ4n) is 2.28. The second-order valence-electron chi connectivity index (χ2n) is 5.18. The number of nitrogens with one attached hydrogen (secondary N) is 1. The number of ether oxygens (including phenoxy) is 1. The van der Waals surface area contributed by atoms with E-state index >= 15 is 0 Å². The minimum atomic E-state index is -0.0207. The summed E-state index contributed by atoms with van der Waals surface area (Å²) >= 11 is 6.26. The Bertz CT molecular complexity index is 1030. The van der Waals surface area contributed by atoms with Gasteiger partial charge in [0.15, 0.2) is 0 Å². The van der Waals surface area contributed by atoms with Crippen LogP contribution in [0.2, 0.25) is 5.02 Å². The van der Waals surface area contributed by atoms with E-state index in [-0.39, 0.29) is 5.57 Å². The molecule has 5 heteroatoms. The van der Waals surface area contributed by atoms with E-state index in [1.165, 1.54) is 6.20 Å². The molecule has 120 valence electrons.